The number of nitrogens with zero attached hydrogens (tertiary/aromatic N) is 7. The lowest BCUT2D eigenvalue weighted by atomic mass is 9.74. The first-order chi connectivity index (χ1) is 31.4. The Kier molecular flexibility index (Phi) is 13.6. The minimum absolute atomic E-state index is 0.103. The van der Waals surface area contributed by atoms with E-state index in [4.69, 9.17) is 19.4 Å². The largest absolute Gasteiger partial charge is 0.464 e. The van der Waals surface area contributed by atoms with Crippen LogP contribution in [0.2, 0.25) is 0 Å². The molecule has 4 atom stereocenters. The third-order valence-electron chi connectivity index (χ3n) is 14.3. The van der Waals surface area contributed by atoms with Crippen molar-refractivity contribution in [1.82, 2.24) is 45.0 Å². The number of hydrazine groups is 1. The molecule has 15 nitrogen and oxygen atoms in total. The highest BCUT2D eigenvalue weighted by molar-refractivity contribution is 7.10. The maximum Gasteiger partial charge on any atom is 0.323 e. The molecule has 3 saturated heterocycles. The first-order valence-electron chi connectivity index (χ1n) is 23.7. The molecule has 17 heteroatoms. The number of fused-ring (bicyclic) bond motifs is 6. The summed E-state index contributed by atoms with van der Waals surface area (Å²) in [5.41, 5.74) is 9.71. The Bertz CT molecular complexity index is 2480. The van der Waals surface area contributed by atoms with Crippen molar-refractivity contribution >= 4 is 56.3 Å². The summed E-state index contributed by atoms with van der Waals surface area (Å²) in [4.78, 5) is 73.6. The fourth-order valence-electron chi connectivity index (χ4n) is 11.1. The molecule has 0 radical (unpaired) electrons. The maximum atomic E-state index is 14.8. The molecule has 4 aliphatic heterocycles. The summed E-state index contributed by atoms with van der Waals surface area (Å²) in [6, 6.07) is 8.47. The van der Waals surface area contributed by atoms with Gasteiger partial charge in [-0.2, -0.15) is 0 Å². The molecule has 4 aliphatic rings. The Morgan fingerprint density at radius 3 is 2.58 bits per heavy atom. The molecule has 2 N–H and O–H groups in total. The third kappa shape index (κ3) is 9.30. The fourth-order valence-corrected chi connectivity index (χ4v) is 12.7. The number of rotatable bonds is 8. The molecule has 356 valence electrons. The monoisotopic (exact) mass is 939 g/mol. The first kappa shape index (κ1) is 47.8. The van der Waals surface area contributed by atoms with E-state index >= 15 is 0 Å². The summed E-state index contributed by atoms with van der Waals surface area (Å²) in [7, 11) is 5.87. The zero-order chi connectivity index (χ0) is 47.3. The van der Waals surface area contributed by atoms with Gasteiger partial charge in [0, 0.05) is 115 Å². The minimum Gasteiger partial charge on any atom is -0.464 e. The van der Waals surface area contributed by atoms with Crippen molar-refractivity contribution in [2.24, 2.45) is 16.7 Å². The first-order valence-corrected chi connectivity index (χ1v) is 25.6. The van der Waals surface area contributed by atoms with Crippen molar-refractivity contribution in [3.63, 3.8) is 0 Å². The number of thiazole rings is 1. The number of cyclic esters (lactones) is 1. The molecule has 7 heterocycles. The lowest BCUT2D eigenvalue weighted by Crippen LogP contribution is -2.68. The van der Waals surface area contributed by atoms with Crippen LogP contribution in [0.4, 0.5) is 4.79 Å². The Hall–Kier alpha value is -4.68. The van der Waals surface area contributed by atoms with E-state index in [-0.39, 0.29) is 48.4 Å². The second-order valence-corrected chi connectivity index (χ2v) is 23.4. The van der Waals surface area contributed by atoms with Crippen molar-refractivity contribution < 1.29 is 28.7 Å². The fraction of sp³-hybridized carbons (Fsp3) is 0.592. The van der Waals surface area contributed by atoms with Gasteiger partial charge in [0.25, 0.3) is 5.91 Å². The summed E-state index contributed by atoms with van der Waals surface area (Å²) >= 11 is 1.44. The number of hydrogen-bond donors (Lipinski definition) is 2. The highest BCUT2D eigenvalue weighted by Crippen LogP contribution is 2.42. The molecule has 1 spiro atoms. The molecular formula is C49H69N9O6SSi. The van der Waals surface area contributed by atoms with Gasteiger partial charge in [-0.15, -0.1) is 11.3 Å². The van der Waals surface area contributed by atoms with Gasteiger partial charge in [-0.1, -0.05) is 33.8 Å². The number of likely N-dealkylation sites (tertiary alicyclic amines) is 2. The van der Waals surface area contributed by atoms with Gasteiger partial charge in [-0.05, 0) is 88.7 Å². The van der Waals surface area contributed by atoms with Crippen molar-refractivity contribution in [2.75, 3.05) is 60.5 Å². The van der Waals surface area contributed by atoms with Crippen molar-refractivity contribution in [1.29, 1.82) is 0 Å². The predicted molar refractivity (Wildman–Crippen MR) is 261 cm³/mol. The molecule has 8 rings (SSSR count). The Morgan fingerprint density at radius 2 is 1.86 bits per heavy atom. The maximum absolute atomic E-state index is 14.8. The molecule has 0 unspecified atom stereocenters. The summed E-state index contributed by atoms with van der Waals surface area (Å²) in [6.45, 7) is 16.7. The number of aromatic nitrogens is 3. The molecule has 6 bridgehead atoms. The lowest BCUT2D eigenvalue weighted by molar-refractivity contribution is -0.158. The average Bonchev–Trinajstić information content (AvgIpc) is 3.87. The molecule has 3 fully saturated rings. The van der Waals surface area contributed by atoms with Crippen LogP contribution in [0.1, 0.15) is 89.6 Å². The number of likely N-dealkylation sites (N-methyl/N-ethyl adjacent to an activating group) is 1. The quantitative estimate of drug-likeness (QED) is 0.182. The number of esters is 1. The second kappa shape index (κ2) is 18.8. The van der Waals surface area contributed by atoms with Crippen molar-refractivity contribution in [3.05, 3.63) is 58.2 Å². The van der Waals surface area contributed by atoms with Gasteiger partial charge in [-0.3, -0.25) is 24.4 Å². The van der Waals surface area contributed by atoms with Crippen LogP contribution in [0.15, 0.2) is 41.9 Å². The summed E-state index contributed by atoms with van der Waals surface area (Å²) < 4.78 is 14.4. The van der Waals surface area contributed by atoms with Gasteiger partial charge in [0.05, 0.1) is 34.8 Å². The second-order valence-electron chi connectivity index (χ2n) is 20.7. The van der Waals surface area contributed by atoms with Crippen LogP contribution < -0.4 is 10.7 Å². The smallest absolute Gasteiger partial charge is 0.323 e. The number of piperidine rings is 1. The van der Waals surface area contributed by atoms with E-state index in [2.05, 4.69) is 72.3 Å². The van der Waals surface area contributed by atoms with Crippen molar-refractivity contribution in [3.8, 4) is 22.5 Å². The summed E-state index contributed by atoms with van der Waals surface area (Å²) in [5, 5.41) is 7.31. The van der Waals surface area contributed by atoms with Crippen LogP contribution in [-0.4, -0.2) is 146 Å². The van der Waals surface area contributed by atoms with Gasteiger partial charge in [0.15, 0.2) is 0 Å². The number of hydrogen-bond acceptors (Lipinski definition) is 11. The number of pyridine rings is 1. The van der Waals surface area contributed by atoms with Gasteiger partial charge in [0.1, 0.15) is 17.2 Å². The number of amides is 4. The molecule has 0 saturated carbocycles. The molecule has 4 aromatic rings. The van der Waals surface area contributed by atoms with E-state index < -0.39 is 28.6 Å². The van der Waals surface area contributed by atoms with Crippen LogP contribution in [0.3, 0.4) is 0 Å². The summed E-state index contributed by atoms with van der Waals surface area (Å²) in [5.74, 6) is -1.41. The third-order valence-corrected chi connectivity index (χ3v) is 16.3. The van der Waals surface area contributed by atoms with Crippen LogP contribution >= 0.6 is 11.3 Å². The van der Waals surface area contributed by atoms with E-state index in [9.17, 15) is 19.2 Å². The Labute approximate surface area is 396 Å². The number of carbonyl (C=O) groups is 4. The number of nitrogens with one attached hydrogen (secondary N) is 2. The number of ether oxygens (including phenoxy) is 2. The van der Waals surface area contributed by atoms with Crippen LogP contribution in [-0.2, 0) is 43.2 Å². The van der Waals surface area contributed by atoms with Crippen molar-refractivity contribution in [2.45, 2.75) is 110 Å². The van der Waals surface area contributed by atoms with Crippen LogP contribution in [0.5, 0.6) is 0 Å². The number of aryl methyl sites for hydroxylation is 1. The standard InChI is InChI=1S/C49H69N9O6SSi/c1-10-57-38-16-15-32-22-34(38)35(42(57)33-14-11-19-50-40(33)31(4)63-9)24-47(5,6)29-64-45(61)49(66)18-13-21-58(53-49)44(60)36(23-39-51-37(32)25-65-39)52-43(59)41(30(2)3)55(8)46(62)56-20-12-17-48(28-56)26-54(7)27-48/h11,14-16,19,22,25,30-31,36,41,53H,10,12-13,17-18,20-21,23-24,26-29H2,1-9,66H3,(H,52,59)/t31-,36-,41-,49-/m0/s1. The molecule has 66 heavy (non-hydrogen) atoms. The van der Waals surface area contributed by atoms with E-state index in [1.807, 2.05) is 37.1 Å². The number of benzene rings is 1. The van der Waals surface area contributed by atoms with E-state index in [0.29, 0.717) is 60.7 Å². The summed E-state index contributed by atoms with van der Waals surface area (Å²) in [6.07, 6.45) is 5.39. The van der Waals surface area contributed by atoms with E-state index in [0.717, 1.165) is 70.6 Å². The normalized spacial score (nSPS) is 23.3. The Morgan fingerprint density at radius 1 is 1.11 bits per heavy atom. The highest BCUT2D eigenvalue weighted by Gasteiger charge is 2.47. The molecule has 1 aromatic carbocycles. The zero-order valence-electron chi connectivity index (χ0n) is 40.5. The van der Waals surface area contributed by atoms with E-state index in [1.165, 1.54) is 16.3 Å². The van der Waals surface area contributed by atoms with Gasteiger partial charge < -0.3 is 34.1 Å². The number of carbonyl (C=O) groups excluding carboxylic acids is 4. The van der Waals surface area contributed by atoms with Gasteiger partial charge in [0.2, 0.25) is 5.91 Å². The van der Waals surface area contributed by atoms with Gasteiger partial charge in [-0.25, -0.2) is 15.2 Å². The predicted octanol–water partition coefficient (Wildman–Crippen LogP) is 5.00. The molecular weight excluding hydrogens is 871 g/mol. The zero-order valence-corrected chi connectivity index (χ0v) is 43.3. The lowest BCUT2D eigenvalue weighted by Gasteiger charge is -2.54. The molecule has 0 aliphatic carbocycles. The van der Waals surface area contributed by atoms with Crippen LogP contribution in [0, 0.1) is 16.7 Å². The van der Waals surface area contributed by atoms with Gasteiger partial charge >= 0.3 is 12.0 Å². The number of urea groups is 1. The minimum atomic E-state index is -1.06. The Balaban J connectivity index is 1.17. The molecule has 4 amide bonds. The number of methoxy groups -OCH3 is 1. The van der Waals surface area contributed by atoms with E-state index in [1.54, 1.807) is 25.3 Å². The topological polar surface area (TPSA) is 154 Å². The van der Waals surface area contributed by atoms with Crippen LogP contribution in [0.25, 0.3) is 33.4 Å². The average molecular weight is 940 g/mol. The molecule has 3 aromatic heterocycles. The SMILES string of the molecule is CCn1c(-c2cccnc2[C@H](C)OC)c2c3cc(ccc31)-c1csc(n1)C[C@H](NC(=O)[C@H](C(C)C)N(C)C(=O)N1CCCC3(CN(C)C3)C1)C(=O)N1CCC[C@@]([SiH3])(N1)C(=O)OCC(C)(C)C2. The highest BCUT2D eigenvalue weighted by atomic mass is 32.1.